The minimum absolute atomic E-state index is 0.135. The number of nitrogens with two attached hydrogens (primary N) is 1. The molecule has 0 bridgehead atoms. The molecule has 1 aliphatic heterocycles. The number of rotatable bonds is 4. The zero-order chi connectivity index (χ0) is 20.4. The number of hydrogen-bond acceptors (Lipinski definition) is 3. The van der Waals surface area contributed by atoms with Crippen LogP contribution >= 0.6 is 0 Å². The average molecular weight is 383 g/mol. The minimum Gasteiger partial charge on any atom is -0.454 e. The third-order valence-corrected chi connectivity index (χ3v) is 4.14. The third-order valence-electron chi connectivity index (χ3n) is 4.14. The van der Waals surface area contributed by atoms with Gasteiger partial charge in [-0.05, 0) is 37.3 Å². The molecule has 28 heavy (non-hydrogen) atoms. The molecule has 5 nitrogen and oxygen atoms in total. The molecule has 0 unspecified atom stereocenters. The van der Waals surface area contributed by atoms with Gasteiger partial charge >= 0.3 is 6.03 Å². The van der Waals surface area contributed by atoms with Gasteiger partial charge in [0.05, 0.1) is 5.70 Å². The van der Waals surface area contributed by atoms with Crippen LogP contribution in [0.1, 0.15) is 12.5 Å². The maximum atomic E-state index is 14.0. The molecular weight excluding hydrogens is 364 g/mol. The first-order chi connectivity index (χ1) is 13.3. The molecule has 3 rings (SSSR count). The van der Waals surface area contributed by atoms with Gasteiger partial charge in [0.1, 0.15) is 11.6 Å². The van der Waals surface area contributed by atoms with E-state index in [0.29, 0.717) is 22.5 Å². The van der Waals surface area contributed by atoms with Crippen molar-refractivity contribution in [2.45, 2.75) is 6.92 Å². The van der Waals surface area contributed by atoms with Crippen molar-refractivity contribution in [3.63, 3.8) is 0 Å². The van der Waals surface area contributed by atoms with Gasteiger partial charge in [0.15, 0.2) is 11.6 Å². The molecule has 0 atom stereocenters. The zero-order valence-electron chi connectivity index (χ0n) is 15.4. The third kappa shape index (κ3) is 3.59. The van der Waals surface area contributed by atoms with Gasteiger partial charge in [-0.3, -0.25) is 4.90 Å². The average Bonchev–Trinajstić information content (AvgIpc) is 2.65. The van der Waals surface area contributed by atoms with Gasteiger partial charge in [0.2, 0.25) is 0 Å². The van der Waals surface area contributed by atoms with Crippen LogP contribution in [0.25, 0.3) is 5.57 Å². The summed E-state index contributed by atoms with van der Waals surface area (Å²) in [6, 6.07) is 7.60. The summed E-state index contributed by atoms with van der Waals surface area (Å²) in [6.07, 6.45) is 4.92. The van der Waals surface area contributed by atoms with Crippen molar-refractivity contribution in [2.75, 3.05) is 12.8 Å². The highest BCUT2D eigenvalue weighted by Gasteiger charge is 2.28. The highest BCUT2D eigenvalue weighted by molar-refractivity contribution is 5.93. The van der Waals surface area contributed by atoms with E-state index in [0.717, 1.165) is 12.1 Å². The highest BCUT2D eigenvalue weighted by Crippen LogP contribution is 2.38. The van der Waals surface area contributed by atoms with E-state index >= 15 is 0 Å². The Kier molecular flexibility index (Phi) is 5.17. The number of hydrogen-bond donors (Lipinski definition) is 1. The van der Waals surface area contributed by atoms with Crippen LogP contribution < -0.4 is 10.5 Å². The van der Waals surface area contributed by atoms with E-state index in [-0.39, 0.29) is 17.5 Å². The normalized spacial score (nSPS) is 14.6. The minimum atomic E-state index is -0.831. The lowest BCUT2D eigenvalue weighted by Crippen LogP contribution is -2.38. The standard InChI is InChI=1S/C21H19F2N3O2/c1-4-9-26-13(2)17(12-25(3)21(26)27)16-11-15(24)6-8-19(16)28-20-7-5-14(22)10-18(20)23/h4-12H,2,24H2,1,3H3/b9-4-. The summed E-state index contributed by atoms with van der Waals surface area (Å²) in [4.78, 5) is 15.2. The van der Waals surface area contributed by atoms with E-state index < -0.39 is 11.6 Å². The van der Waals surface area contributed by atoms with Crippen LogP contribution in [0.5, 0.6) is 11.5 Å². The maximum Gasteiger partial charge on any atom is 0.332 e. The number of carbonyl (C=O) groups excluding carboxylic acids is 1. The van der Waals surface area contributed by atoms with Gasteiger partial charge in [0.25, 0.3) is 0 Å². The Morgan fingerprint density at radius 3 is 2.54 bits per heavy atom. The van der Waals surface area contributed by atoms with Crippen LogP contribution in [0.3, 0.4) is 0 Å². The van der Waals surface area contributed by atoms with Crippen molar-refractivity contribution in [3.8, 4) is 11.5 Å². The molecule has 0 fully saturated rings. The Labute approximate surface area is 161 Å². The molecule has 7 heteroatoms. The number of nitrogen functional groups attached to an aromatic ring is 1. The summed E-state index contributed by atoms with van der Waals surface area (Å²) in [5.74, 6) is -1.38. The molecule has 0 aliphatic carbocycles. The number of allylic oxidation sites excluding steroid dienone is 2. The lowest BCUT2D eigenvalue weighted by molar-refractivity contribution is 0.201. The number of benzene rings is 2. The van der Waals surface area contributed by atoms with E-state index in [1.807, 2.05) is 0 Å². The van der Waals surface area contributed by atoms with E-state index in [4.69, 9.17) is 10.5 Å². The largest absolute Gasteiger partial charge is 0.454 e. The second-order valence-corrected chi connectivity index (χ2v) is 6.17. The van der Waals surface area contributed by atoms with Crippen LogP contribution in [-0.2, 0) is 0 Å². The second-order valence-electron chi connectivity index (χ2n) is 6.17. The number of halogens is 2. The van der Waals surface area contributed by atoms with Crippen molar-refractivity contribution in [1.29, 1.82) is 0 Å². The first kappa shape index (κ1) is 19.2. The molecule has 2 aromatic carbocycles. The molecule has 1 aliphatic rings. The van der Waals surface area contributed by atoms with Crippen molar-refractivity contribution in [1.82, 2.24) is 9.80 Å². The number of urea groups is 1. The van der Waals surface area contributed by atoms with Crippen LogP contribution in [0.4, 0.5) is 19.3 Å². The quantitative estimate of drug-likeness (QED) is 0.748. The monoisotopic (exact) mass is 383 g/mol. The Balaban J connectivity index is 2.09. The first-order valence-electron chi connectivity index (χ1n) is 8.44. The van der Waals surface area contributed by atoms with Gasteiger partial charge in [-0.25, -0.2) is 13.6 Å². The molecule has 2 amide bonds. The van der Waals surface area contributed by atoms with Gasteiger partial charge in [0, 0.05) is 42.3 Å². The molecular formula is C21H19F2N3O2. The predicted molar refractivity (Wildman–Crippen MR) is 104 cm³/mol. The number of nitrogens with zero attached hydrogens (tertiary/aromatic N) is 2. The summed E-state index contributed by atoms with van der Waals surface area (Å²) >= 11 is 0. The molecule has 0 saturated heterocycles. The zero-order valence-corrected chi connectivity index (χ0v) is 15.4. The molecule has 0 saturated carbocycles. The van der Waals surface area contributed by atoms with Gasteiger partial charge < -0.3 is 15.4 Å². The lowest BCUT2D eigenvalue weighted by atomic mass is 10.00. The Morgan fingerprint density at radius 1 is 1.14 bits per heavy atom. The van der Waals surface area contributed by atoms with Crippen molar-refractivity contribution in [3.05, 3.63) is 84.3 Å². The Morgan fingerprint density at radius 2 is 1.86 bits per heavy atom. The number of amides is 2. The van der Waals surface area contributed by atoms with E-state index in [1.54, 1.807) is 50.6 Å². The van der Waals surface area contributed by atoms with E-state index in [1.165, 1.54) is 15.9 Å². The smallest absolute Gasteiger partial charge is 0.332 e. The lowest BCUT2D eigenvalue weighted by Gasteiger charge is -2.32. The van der Waals surface area contributed by atoms with Crippen LogP contribution in [0.15, 0.2) is 67.2 Å². The Bertz CT molecular complexity index is 1010. The van der Waals surface area contributed by atoms with Crippen molar-refractivity contribution >= 4 is 17.3 Å². The highest BCUT2D eigenvalue weighted by atomic mass is 19.1. The Hall–Kier alpha value is -3.61. The summed E-state index contributed by atoms with van der Waals surface area (Å²) in [5.41, 5.74) is 7.89. The van der Waals surface area contributed by atoms with Gasteiger partial charge in [-0.15, -0.1) is 0 Å². The summed E-state index contributed by atoms with van der Waals surface area (Å²) in [7, 11) is 1.61. The summed E-state index contributed by atoms with van der Waals surface area (Å²) in [5, 5.41) is 0. The van der Waals surface area contributed by atoms with E-state index in [9.17, 15) is 13.6 Å². The number of carbonyl (C=O) groups is 1. The molecule has 0 aromatic heterocycles. The fourth-order valence-electron chi connectivity index (χ4n) is 2.79. The van der Waals surface area contributed by atoms with Gasteiger partial charge in [-0.1, -0.05) is 12.7 Å². The fourth-order valence-corrected chi connectivity index (χ4v) is 2.79. The van der Waals surface area contributed by atoms with E-state index in [2.05, 4.69) is 6.58 Å². The summed E-state index contributed by atoms with van der Waals surface area (Å²) in [6.45, 7) is 5.79. The SMILES string of the molecule is C=C1C(c2cc(N)ccc2Oc2ccc(F)cc2F)=CN(C)C(=O)N1/C=C\C. The molecule has 0 radical (unpaired) electrons. The predicted octanol–water partition coefficient (Wildman–Crippen LogP) is 5.09. The molecule has 0 spiro atoms. The molecule has 144 valence electrons. The number of anilines is 1. The second kappa shape index (κ2) is 7.56. The number of ether oxygens (including phenoxy) is 1. The van der Waals surface area contributed by atoms with Crippen LogP contribution in [-0.4, -0.2) is 22.9 Å². The molecule has 1 heterocycles. The first-order valence-corrected chi connectivity index (χ1v) is 8.44. The van der Waals surface area contributed by atoms with Gasteiger partial charge in [-0.2, -0.15) is 0 Å². The molecule has 2 aromatic rings. The van der Waals surface area contributed by atoms with Crippen molar-refractivity contribution < 1.29 is 18.3 Å². The van der Waals surface area contributed by atoms with Crippen molar-refractivity contribution in [2.24, 2.45) is 0 Å². The maximum absolute atomic E-state index is 14.0. The van der Waals surface area contributed by atoms with Crippen LogP contribution in [0, 0.1) is 11.6 Å². The topological polar surface area (TPSA) is 58.8 Å². The summed E-state index contributed by atoms with van der Waals surface area (Å²) < 4.78 is 32.9. The van der Waals surface area contributed by atoms with Crippen LogP contribution in [0.2, 0.25) is 0 Å². The molecule has 2 N–H and O–H groups in total. The fraction of sp³-hybridized carbons (Fsp3) is 0.0952.